The van der Waals surface area contributed by atoms with Crippen LogP contribution in [-0.2, 0) is 16.9 Å². The van der Waals surface area contributed by atoms with Gasteiger partial charge in [0.1, 0.15) is 5.69 Å². The van der Waals surface area contributed by atoms with Crippen LogP contribution in [0, 0.1) is 0 Å². The molecule has 1 aliphatic rings. The summed E-state index contributed by atoms with van der Waals surface area (Å²) in [6.07, 6.45) is 1.64. The SMILES string of the molecule is Cn1ccc(C(=O)NC2CS(=O)(=O)CC2Cl)n1. The van der Waals surface area contributed by atoms with Crippen molar-refractivity contribution < 1.29 is 13.2 Å². The zero-order chi connectivity index (χ0) is 12.6. The van der Waals surface area contributed by atoms with Crippen molar-refractivity contribution >= 4 is 27.3 Å². The number of nitrogens with zero attached hydrogens (tertiary/aromatic N) is 2. The van der Waals surface area contributed by atoms with E-state index in [9.17, 15) is 13.2 Å². The summed E-state index contributed by atoms with van der Waals surface area (Å²) < 4.78 is 24.1. The first kappa shape index (κ1) is 12.4. The summed E-state index contributed by atoms with van der Waals surface area (Å²) in [5.41, 5.74) is 0.251. The van der Waals surface area contributed by atoms with Crippen LogP contribution in [-0.4, -0.2) is 47.0 Å². The Morgan fingerprint density at radius 2 is 2.29 bits per heavy atom. The Labute approximate surface area is 104 Å². The summed E-state index contributed by atoms with van der Waals surface area (Å²) in [5.74, 6) is -0.611. The van der Waals surface area contributed by atoms with E-state index >= 15 is 0 Å². The van der Waals surface area contributed by atoms with Crippen molar-refractivity contribution in [1.82, 2.24) is 15.1 Å². The fraction of sp³-hybridized carbons (Fsp3) is 0.556. The Morgan fingerprint density at radius 1 is 1.59 bits per heavy atom. The molecule has 2 atom stereocenters. The number of nitrogens with one attached hydrogen (secondary N) is 1. The van der Waals surface area contributed by atoms with Crippen LogP contribution in [0.25, 0.3) is 0 Å². The largest absolute Gasteiger partial charge is 0.345 e. The van der Waals surface area contributed by atoms with Gasteiger partial charge in [-0.3, -0.25) is 9.48 Å². The van der Waals surface area contributed by atoms with Gasteiger partial charge in [0.05, 0.1) is 22.9 Å². The molecule has 1 fully saturated rings. The second-order valence-corrected chi connectivity index (χ2v) is 6.76. The molecule has 1 saturated heterocycles. The van der Waals surface area contributed by atoms with Crippen molar-refractivity contribution in [3.63, 3.8) is 0 Å². The third-order valence-electron chi connectivity index (χ3n) is 2.55. The van der Waals surface area contributed by atoms with Gasteiger partial charge in [-0.25, -0.2) is 8.42 Å². The van der Waals surface area contributed by atoms with E-state index in [2.05, 4.69) is 10.4 Å². The van der Waals surface area contributed by atoms with Gasteiger partial charge in [-0.1, -0.05) is 0 Å². The number of aryl methyl sites for hydroxylation is 1. The molecule has 0 aliphatic carbocycles. The van der Waals surface area contributed by atoms with Crippen LogP contribution in [0.15, 0.2) is 12.3 Å². The van der Waals surface area contributed by atoms with Gasteiger partial charge in [-0.2, -0.15) is 5.10 Å². The molecular weight excluding hydrogens is 266 g/mol. The van der Waals surface area contributed by atoms with E-state index in [0.717, 1.165) is 0 Å². The number of sulfone groups is 1. The number of aromatic nitrogens is 2. The molecular formula is C9H12ClN3O3S. The van der Waals surface area contributed by atoms with Crippen molar-refractivity contribution in [1.29, 1.82) is 0 Å². The summed E-state index contributed by atoms with van der Waals surface area (Å²) in [7, 11) is -1.44. The maximum atomic E-state index is 11.7. The molecule has 0 radical (unpaired) electrons. The molecule has 0 saturated carbocycles. The molecule has 2 rings (SSSR count). The minimum absolute atomic E-state index is 0.0955. The lowest BCUT2D eigenvalue weighted by molar-refractivity contribution is 0.0936. The first-order chi connectivity index (χ1) is 7.87. The molecule has 1 amide bonds. The lowest BCUT2D eigenvalue weighted by Crippen LogP contribution is -2.40. The number of alkyl halides is 1. The van der Waals surface area contributed by atoms with Crippen LogP contribution in [0.3, 0.4) is 0 Å². The molecule has 0 aromatic carbocycles. The fourth-order valence-electron chi connectivity index (χ4n) is 1.72. The average molecular weight is 278 g/mol. The molecule has 0 bridgehead atoms. The molecule has 94 valence electrons. The van der Waals surface area contributed by atoms with Gasteiger partial charge in [0, 0.05) is 13.2 Å². The summed E-state index contributed by atoms with van der Waals surface area (Å²) in [4.78, 5) is 11.7. The zero-order valence-corrected chi connectivity index (χ0v) is 10.7. The molecule has 17 heavy (non-hydrogen) atoms. The number of halogens is 1. The molecule has 1 aromatic rings. The van der Waals surface area contributed by atoms with Gasteiger partial charge < -0.3 is 5.32 Å². The Balaban J connectivity index is 2.05. The van der Waals surface area contributed by atoms with Gasteiger partial charge in [-0.05, 0) is 6.07 Å². The molecule has 8 heteroatoms. The lowest BCUT2D eigenvalue weighted by Gasteiger charge is -2.12. The van der Waals surface area contributed by atoms with Crippen LogP contribution >= 0.6 is 11.6 Å². The number of amides is 1. The van der Waals surface area contributed by atoms with Crippen LogP contribution in [0.4, 0.5) is 0 Å². The summed E-state index contributed by atoms with van der Waals surface area (Å²) in [6, 6.07) is 1.01. The molecule has 2 unspecified atom stereocenters. The molecule has 2 heterocycles. The highest BCUT2D eigenvalue weighted by atomic mass is 35.5. The minimum atomic E-state index is -3.14. The minimum Gasteiger partial charge on any atom is -0.345 e. The third-order valence-corrected chi connectivity index (χ3v) is 4.92. The van der Waals surface area contributed by atoms with E-state index in [1.165, 1.54) is 4.68 Å². The smallest absolute Gasteiger partial charge is 0.272 e. The first-order valence-electron chi connectivity index (χ1n) is 5.02. The van der Waals surface area contributed by atoms with E-state index in [4.69, 9.17) is 11.6 Å². The molecule has 1 N–H and O–H groups in total. The van der Waals surface area contributed by atoms with E-state index in [1.807, 2.05) is 0 Å². The highest BCUT2D eigenvalue weighted by Crippen LogP contribution is 2.18. The second kappa shape index (κ2) is 4.30. The predicted molar refractivity (Wildman–Crippen MR) is 62.8 cm³/mol. The monoisotopic (exact) mass is 277 g/mol. The Kier molecular flexibility index (Phi) is 3.13. The van der Waals surface area contributed by atoms with Gasteiger partial charge in [0.25, 0.3) is 5.91 Å². The lowest BCUT2D eigenvalue weighted by atomic mass is 10.2. The third kappa shape index (κ3) is 2.78. The van der Waals surface area contributed by atoms with Crippen LogP contribution in [0.1, 0.15) is 10.5 Å². The Morgan fingerprint density at radius 3 is 2.76 bits per heavy atom. The van der Waals surface area contributed by atoms with Gasteiger partial charge in [-0.15, -0.1) is 11.6 Å². The predicted octanol–water partition coefficient (Wildman–Crippen LogP) is -0.446. The molecule has 1 aliphatic heterocycles. The van der Waals surface area contributed by atoms with Gasteiger partial charge >= 0.3 is 0 Å². The van der Waals surface area contributed by atoms with E-state index in [1.54, 1.807) is 19.3 Å². The van der Waals surface area contributed by atoms with E-state index < -0.39 is 27.2 Å². The highest BCUT2D eigenvalue weighted by Gasteiger charge is 2.37. The van der Waals surface area contributed by atoms with Crippen LogP contribution in [0.5, 0.6) is 0 Å². The summed E-state index contributed by atoms with van der Waals surface area (Å²) in [6.45, 7) is 0. The molecule has 0 spiro atoms. The maximum Gasteiger partial charge on any atom is 0.272 e. The standard InChI is InChI=1S/C9H12ClN3O3S/c1-13-3-2-7(12-13)9(14)11-8-5-17(15,16)4-6(8)10/h2-3,6,8H,4-5H2,1H3,(H,11,14). The van der Waals surface area contributed by atoms with Crippen molar-refractivity contribution in [2.24, 2.45) is 7.05 Å². The quantitative estimate of drug-likeness (QED) is 0.743. The summed E-state index contributed by atoms with van der Waals surface area (Å²) in [5, 5.41) is 5.94. The molecule has 6 nitrogen and oxygen atoms in total. The van der Waals surface area contributed by atoms with Crippen molar-refractivity contribution in [2.45, 2.75) is 11.4 Å². The number of hydrogen-bond acceptors (Lipinski definition) is 4. The average Bonchev–Trinajstić information content (AvgIpc) is 2.71. The van der Waals surface area contributed by atoms with Crippen LogP contribution < -0.4 is 5.32 Å². The van der Waals surface area contributed by atoms with Crippen molar-refractivity contribution in [3.8, 4) is 0 Å². The normalized spacial score (nSPS) is 26.9. The van der Waals surface area contributed by atoms with Crippen LogP contribution in [0.2, 0.25) is 0 Å². The first-order valence-corrected chi connectivity index (χ1v) is 7.28. The maximum absolute atomic E-state index is 11.7. The number of carbonyl (C=O) groups is 1. The second-order valence-electron chi connectivity index (χ2n) is 4.05. The van der Waals surface area contributed by atoms with E-state index in [0.29, 0.717) is 0 Å². The zero-order valence-electron chi connectivity index (χ0n) is 9.13. The topological polar surface area (TPSA) is 81.1 Å². The van der Waals surface area contributed by atoms with Gasteiger partial charge in [0.2, 0.25) is 0 Å². The Bertz CT molecular complexity index is 539. The highest BCUT2D eigenvalue weighted by molar-refractivity contribution is 7.91. The van der Waals surface area contributed by atoms with Crippen molar-refractivity contribution in [3.05, 3.63) is 18.0 Å². The number of carbonyl (C=O) groups excluding carboxylic acids is 1. The molecule has 1 aromatic heterocycles. The van der Waals surface area contributed by atoms with E-state index in [-0.39, 0.29) is 17.2 Å². The number of hydrogen-bond donors (Lipinski definition) is 1. The fourth-order valence-corrected chi connectivity index (χ4v) is 4.27. The number of rotatable bonds is 2. The summed E-state index contributed by atoms with van der Waals surface area (Å²) >= 11 is 5.88. The van der Waals surface area contributed by atoms with Gasteiger partial charge in [0.15, 0.2) is 9.84 Å². The van der Waals surface area contributed by atoms with Crippen molar-refractivity contribution in [2.75, 3.05) is 11.5 Å². The Hall–Kier alpha value is -1.08.